The molecule has 176 valence electrons. The maximum absolute atomic E-state index is 13.3. The van der Waals surface area contributed by atoms with E-state index < -0.39 is 10.0 Å². The molecule has 33 heavy (non-hydrogen) atoms. The number of anilines is 2. The second-order valence-corrected chi connectivity index (χ2v) is 11.8. The van der Waals surface area contributed by atoms with E-state index >= 15 is 0 Å². The normalized spacial score (nSPS) is 19.7. The van der Waals surface area contributed by atoms with E-state index in [2.05, 4.69) is 5.32 Å². The van der Waals surface area contributed by atoms with Crippen LogP contribution in [-0.4, -0.2) is 49.4 Å². The number of halogens is 1. The van der Waals surface area contributed by atoms with Gasteiger partial charge in [0.05, 0.1) is 10.6 Å². The molecular weight excluding hydrogens is 465 g/mol. The summed E-state index contributed by atoms with van der Waals surface area (Å²) >= 11 is 1.63. The summed E-state index contributed by atoms with van der Waals surface area (Å²) in [5.41, 5.74) is 1.13. The lowest BCUT2D eigenvalue weighted by atomic mass is 9.97. The molecular formula is C23H26FN3O4S2. The fraction of sp³-hybridized carbons (Fsp3) is 0.391. The quantitative estimate of drug-likeness (QED) is 0.705. The van der Waals surface area contributed by atoms with Crippen molar-refractivity contribution in [1.82, 2.24) is 4.31 Å². The predicted molar refractivity (Wildman–Crippen MR) is 126 cm³/mol. The van der Waals surface area contributed by atoms with Crippen LogP contribution in [0.4, 0.5) is 15.8 Å². The molecule has 0 aliphatic carbocycles. The molecule has 0 spiro atoms. The number of thioether (sulfide) groups is 1. The maximum atomic E-state index is 13.3. The molecule has 10 heteroatoms. The number of carbonyl (C=O) groups is 2. The van der Waals surface area contributed by atoms with Crippen LogP contribution in [0.5, 0.6) is 0 Å². The zero-order valence-electron chi connectivity index (χ0n) is 18.5. The molecule has 0 radical (unpaired) electrons. The SMILES string of the molecule is CC(=O)N1C[C@H](C)Sc2ccc(S(=O)(=O)N3CCC(C(=O)Nc4ccc(F)cc4)CC3)cc21. The Hall–Kier alpha value is -2.43. The molecule has 1 saturated heterocycles. The predicted octanol–water partition coefficient (Wildman–Crippen LogP) is 3.71. The first-order chi connectivity index (χ1) is 15.6. The van der Waals surface area contributed by atoms with Crippen LogP contribution in [0.3, 0.4) is 0 Å². The highest BCUT2D eigenvalue weighted by atomic mass is 32.2. The molecule has 1 fully saturated rings. The van der Waals surface area contributed by atoms with Gasteiger partial charge in [-0.2, -0.15) is 4.31 Å². The van der Waals surface area contributed by atoms with Gasteiger partial charge in [-0.1, -0.05) is 6.92 Å². The van der Waals surface area contributed by atoms with Gasteiger partial charge in [0.25, 0.3) is 0 Å². The van der Waals surface area contributed by atoms with Gasteiger partial charge in [0.15, 0.2) is 0 Å². The summed E-state index contributed by atoms with van der Waals surface area (Å²) in [6.07, 6.45) is 0.786. The number of fused-ring (bicyclic) bond motifs is 1. The van der Waals surface area contributed by atoms with Gasteiger partial charge in [-0.05, 0) is 55.3 Å². The van der Waals surface area contributed by atoms with E-state index in [1.54, 1.807) is 34.9 Å². The van der Waals surface area contributed by atoms with E-state index in [0.717, 1.165) is 4.90 Å². The van der Waals surface area contributed by atoms with Gasteiger partial charge in [0.1, 0.15) is 5.82 Å². The third-order valence-corrected chi connectivity index (χ3v) is 8.99. The zero-order valence-corrected chi connectivity index (χ0v) is 20.1. The molecule has 7 nitrogen and oxygen atoms in total. The molecule has 1 N–H and O–H groups in total. The highest BCUT2D eigenvalue weighted by Gasteiger charge is 2.34. The molecule has 0 aromatic heterocycles. The van der Waals surface area contributed by atoms with Gasteiger partial charge >= 0.3 is 0 Å². The van der Waals surface area contributed by atoms with Crippen molar-refractivity contribution in [3.05, 3.63) is 48.3 Å². The lowest BCUT2D eigenvalue weighted by molar-refractivity contribution is -0.121. The molecule has 2 amide bonds. The summed E-state index contributed by atoms with van der Waals surface area (Å²) < 4.78 is 41.0. The number of amides is 2. The van der Waals surface area contributed by atoms with Crippen LogP contribution in [0, 0.1) is 11.7 Å². The van der Waals surface area contributed by atoms with Crippen LogP contribution in [-0.2, 0) is 19.6 Å². The Morgan fingerprint density at radius 1 is 1.09 bits per heavy atom. The molecule has 0 bridgehead atoms. The Balaban J connectivity index is 1.45. The molecule has 2 heterocycles. The van der Waals surface area contributed by atoms with E-state index in [4.69, 9.17) is 0 Å². The van der Waals surface area contributed by atoms with E-state index in [-0.39, 0.29) is 46.8 Å². The Bertz CT molecular complexity index is 1160. The Kier molecular flexibility index (Phi) is 6.78. The highest BCUT2D eigenvalue weighted by Crippen LogP contribution is 2.40. The molecule has 2 aliphatic rings. The van der Waals surface area contributed by atoms with Crippen molar-refractivity contribution in [2.24, 2.45) is 5.92 Å². The number of nitrogens with one attached hydrogen (secondary N) is 1. The van der Waals surface area contributed by atoms with Crippen molar-refractivity contribution in [2.75, 3.05) is 29.9 Å². The summed E-state index contributed by atoms with van der Waals surface area (Å²) in [6, 6.07) is 10.5. The Morgan fingerprint density at radius 2 is 1.76 bits per heavy atom. The summed E-state index contributed by atoms with van der Waals surface area (Å²) in [5, 5.41) is 2.99. The first-order valence-electron chi connectivity index (χ1n) is 10.8. The van der Waals surface area contributed by atoms with E-state index in [0.29, 0.717) is 30.8 Å². The minimum Gasteiger partial charge on any atom is -0.326 e. The third-order valence-electron chi connectivity index (χ3n) is 5.94. The lowest BCUT2D eigenvalue weighted by Crippen LogP contribution is -2.41. The Labute approximate surface area is 197 Å². The average Bonchev–Trinajstić information content (AvgIpc) is 2.79. The summed E-state index contributed by atoms with van der Waals surface area (Å²) in [5.74, 6) is -1.02. The van der Waals surface area contributed by atoms with Gasteiger partial charge < -0.3 is 10.2 Å². The summed E-state index contributed by atoms with van der Waals surface area (Å²) in [7, 11) is -3.76. The highest BCUT2D eigenvalue weighted by molar-refractivity contribution is 8.00. The zero-order chi connectivity index (χ0) is 23.8. The lowest BCUT2D eigenvalue weighted by Gasteiger charge is -2.33. The fourth-order valence-corrected chi connectivity index (χ4v) is 6.74. The van der Waals surface area contributed by atoms with E-state index in [1.807, 2.05) is 6.92 Å². The molecule has 1 atom stereocenters. The Morgan fingerprint density at radius 3 is 2.39 bits per heavy atom. The van der Waals surface area contributed by atoms with Crippen LogP contribution >= 0.6 is 11.8 Å². The first kappa shape index (κ1) is 23.7. The number of piperidine rings is 1. The van der Waals surface area contributed by atoms with Crippen molar-refractivity contribution in [3.63, 3.8) is 0 Å². The fourth-order valence-electron chi connectivity index (χ4n) is 4.16. The van der Waals surface area contributed by atoms with Gasteiger partial charge in [0.2, 0.25) is 21.8 Å². The smallest absolute Gasteiger partial charge is 0.243 e. The van der Waals surface area contributed by atoms with Crippen LogP contribution in [0.2, 0.25) is 0 Å². The van der Waals surface area contributed by atoms with Gasteiger partial charge in [-0.3, -0.25) is 9.59 Å². The molecule has 0 unspecified atom stereocenters. The number of hydrogen-bond acceptors (Lipinski definition) is 5. The van der Waals surface area contributed by atoms with Gasteiger partial charge in [-0.15, -0.1) is 11.8 Å². The molecule has 0 saturated carbocycles. The summed E-state index contributed by atoms with van der Waals surface area (Å²) in [6.45, 7) is 4.50. The summed E-state index contributed by atoms with van der Waals surface area (Å²) in [4.78, 5) is 27.3. The molecule has 2 aliphatic heterocycles. The van der Waals surface area contributed by atoms with Crippen molar-refractivity contribution in [2.45, 2.75) is 41.7 Å². The number of hydrogen-bond donors (Lipinski definition) is 1. The second kappa shape index (κ2) is 9.44. The van der Waals surface area contributed by atoms with Crippen LogP contribution in [0.1, 0.15) is 26.7 Å². The number of carbonyl (C=O) groups excluding carboxylic acids is 2. The van der Waals surface area contributed by atoms with Gasteiger partial charge in [0, 0.05) is 48.3 Å². The standard InChI is InChI=1S/C23H26FN3O4S2/c1-15-14-27(16(2)28)21-13-20(7-8-22(21)32-15)33(30,31)26-11-9-17(10-12-26)23(29)25-19-5-3-18(24)4-6-19/h3-8,13,15,17H,9-12,14H2,1-2H3,(H,25,29)/t15-/m0/s1. The number of nitrogens with zero attached hydrogens (tertiary/aromatic N) is 2. The minimum atomic E-state index is -3.76. The topological polar surface area (TPSA) is 86.8 Å². The van der Waals surface area contributed by atoms with Crippen molar-refractivity contribution < 1.29 is 22.4 Å². The van der Waals surface area contributed by atoms with Crippen molar-refractivity contribution in [3.8, 4) is 0 Å². The van der Waals surface area contributed by atoms with Crippen LogP contribution in [0.15, 0.2) is 52.3 Å². The minimum absolute atomic E-state index is 0.120. The number of sulfonamides is 1. The van der Waals surface area contributed by atoms with Crippen molar-refractivity contribution >= 4 is 45.0 Å². The largest absolute Gasteiger partial charge is 0.326 e. The van der Waals surface area contributed by atoms with Crippen LogP contribution in [0.25, 0.3) is 0 Å². The maximum Gasteiger partial charge on any atom is 0.243 e. The third kappa shape index (κ3) is 5.07. The molecule has 2 aromatic rings. The number of rotatable bonds is 4. The van der Waals surface area contributed by atoms with E-state index in [9.17, 15) is 22.4 Å². The second-order valence-electron chi connectivity index (χ2n) is 8.36. The molecule has 4 rings (SSSR count). The number of benzene rings is 2. The van der Waals surface area contributed by atoms with Crippen molar-refractivity contribution in [1.29, 1.82) is 0 Å². The first-order valence-corrected chi connectivity index (χ1v) is 13.1. The van der Waals surface area contributed by atoms with Crippen LogP contribution < -0.4 is 10.2 Å². The monoisotopic (exact) mass is 491 g/mol. The van der Waals surface area contributed by atoms with E-state index in [1.165, 1.54) is 35.5 Å². The average molecular weight is 492 g/mol. The van der Waals surface area contributed by atoms with Gasteiger partial charge in [-0.25, -0.2) is 12.8 Å². The molecule has 2 aromatic carbocycles.